The van der Waals surface area contributed by atoms with Crippen LogP contribution >= 0.6 is 15.9 Å². The van der Waals surface area contributed by atoms with Crippen molar-refractivity contribution in [2.24, 2.45) is 11.3 Å². The van der Waals surface area contributed by atoms with Gasteiger partial charge in [0.25, 0.3) is 0 Å². The minimum atomic E-state index is -0.427. The molecule has 1 aliphatic carbocycles. The van der Waals surface area contributed by atoms with Crippen molar-refractivity contribution in [3.63, 3.8) is 0 Å². The summed E-state index contributed by atoms with van der Waals surface area (Å²) in [6.45, 7) is 6.78. The maximum Gasteiger partial charge on any atom is 0.128 e. The number of anilines is 1. The van der Waals surface area contributed by atoms with Crippen LogP contribution in [0.3, 0.4) is 0 Å². The molecule has 0 spiro atoms. The minimum Gasteiger partial charge on any atom is -0.367 e. The highest BCUT2D eigenvalue weighted by atomic mass is 79.9. The zero-order valence-electron chi connectivity index (χ0n) is 11.8. The van der Waals surface area contributed by atoms with Crippen LogP contribution < -0.4 is 5.32 Å². The van der Waals surface area contributed by atoms with Crippen molar-refractivity contribution >= 4 is 21.6 Å². The smallest absolute Gasteiger partial charge is 0.128 e. The second-order valence-corrected chi connectivity index (χ2v) is 7.40. The van der Waals surface area contributed by atoms with Crippen molar-refractivity contribution in [1.29, 1.82) is 5.26 Å². The fourth-order valence-electron chi connectivity index (χ4n) is 3.06. The standard InChI is InChI=1S/C16H21BrN2/c1-12-10-15(2,3)8-9-16(12,11-18)19-14-6-4-13(17)5-7-14/h4-7,12,19H,8-10H2,1-3H3. The predicted octanol–water partition coefficient (Wildman–Crippen LogP) is 4.97. The molecule has 1 aromatic carbocycles. The van der Waals surface area contributed by atoms with Gasteiger partial charge >= 0.3 is 0 Å². The van der Waals surface area contributed by atoms with Crippen LogP contribution in [0.2, 0.25) is 0 Å². The molecule has 0 aliphatic heterocycles. The van der Waals surface area contributed by atoms with Gasteiger partial charge in [-0.2, -0.15) is 5.26 Å². The highest BCUT2D eigenvalue weighted by molar-refractivity contribution is 9.10. The molecule has 0 aromatic heterocycles. The number of hydrogen-bond donors (Lipinski definition) is 1. The first-order valence-corrected chi connectivity index (χ1v) is 7.61. The van der Waals surface area contributed by atoms with E-state index in [9.17, 15) is 5.26 Å². The molecule has 0 amide bonds. The van der Waals surface area contributed by atoms with Gasteiger partial charge in [-0.3, -0.25) is 0 Å². The van der Waals surface area contributed by atoms with Crippen LogP contribution in [0.15, 0.2) is 28.7 Å². The van der Waals surface area contributed by atoms with Crippen LogP contribution in [0, 0.1) is 22.7 Å². The van der Waals surface area contributed by atoms with Gasteiger partial charge in [-0.1, -0.05) is 36.7 Å². The molecule has 2 nitrogen and oxygen atoms in total. The quantitative estimate of drug-likeness (QED) is 0.835. The van der Waals surface area contributed by atoms with E-state index >= 15 is 0 Å². The Morgan fingerprint density at radius 1 is 1.26 bits per heavy atom. The summed E-state index contributed by atoms with van der Waals surface area (Å²) in [7, 11) is 0. The summed E-state index contributed by atoms with van der Waals surface area (Å²) in [5, 5.41) is 13.2. The van der Waals surface area contributed by atoms with Crippen LogP contribution in [0.4, 0.5) is 5.69 Å². The molecule has 2 rings (SSSR count). The molecule has 1 aliphatic rings. The zero-order valence-corrected chi connectivity index (χ0v) is 13.4. The van der Waals surface area contributed by atoms with Gasteiger partial charge in [0, 0.05) is 10.2 Å². The van der Waals surface area contributed by atoms with E-state index < -0.39 is 5.54 Å². The number of nitrogens with one attached hydrogen (secondary N) is 1. The molecule has 102 valence electrons. The summed E-state index contributed by atoms with van der Waals surface area (Å²) in [6, 6.07) is 10.6. The van der Waals surface area contributed by atoms with E-state index in [1.165, 1.54) is 0 Å². The van der Waals surface area contributed by atoms with Gasteiger partial charge in [0.15, 0.2) is 0 Å². The van der Waals surface area contributed by atoms with E-state index in [2.05, 4.69) is 48.1 Å². The zero-order chi connectivity index (χ0) is 14.1. The molecule has 3 heteroatoms. The number of benzene rings is 1. The van der Waals surface area contributed by atoms with Gasteiger partial charge in [-0.15, -0.1) is 0 Å². The number of halogens is 1. The lowest BCUT2D eigenvalue weighted by molar-refractivity contribution is 0.146. The van der Waals surface area contributed by atoms with E-state index in [1.807, 2.05) is 24.3 Å². The molecule has 0 radical (unpaired) electrons. The summed E-state index contributed by atoms with van der Waals surface area (Å²) in [5.41, 5.74) is 0.946. The largest absolute Gasteiger partial charge is 0.367 e. The maximum atomic E-state index is 9.68. The Hall–Kier alpha value is -1.01. The Kier molecular flexibility index (Phi) is 3.92. The Bertz CT molecular complexity index is 486. The van der Waals surface area contributed by atoms with E-state index in [0.717, 1.165) is 29.4 Å². The van der Waals surface area contributed by atoms with Crippen molar-refractivity contribution in [3.8, 4) is 6.07 Å². The molecule has 0 bridgehead atoms. The summed E-state index contributed by atoms with van der Waals surface area (Å²) in [4.78, 5) is 0. The van der Waals surface area contributed by atoms with Gasteiger partial charge in [0.05, 0.1) is 6.07 Å². The summed E-state index contributed by atoms with van der Waals surface area (Å²) >= 11 is 3.44. The van der Waals surface area contributed by atoms with E-state index in [1.54, 1.807) is 0 Å². The Morgan fingerprint density at radius 2 is 1.89 bits per heavy atom. The number of rotatable bonds is 2. The first-order chi connectivity index (χ1) is 8.87. The van der Waals surface area contributed by atoms with E-state index in [4.69, 9.17) is 0 Å². The number of nitriles is 1. The molecule has 19 heavy (non-hydrogen) atoms. The van der Waals surface area contributed by atoms with Crippen molar-refractivity contribution in [1.82, 2.24) is 0 Å². The Balaban J connectivity index is 2.20. The lowest BCUT2D eigenvalue weighted by Crippen LogP contribution is -2.48. The van der Waals surface area contributed by atoms with Gasteiger partial charge in [-0.25, -0.2) is 0 Å². The molecule has 2 unspecified atom stereocenters. The molecule has 1 fully saturated rings. The van der Waals surface area contributed by atoms with E-state index in [0.29, 0.717) is 11.3 Å². The third kappa shape index (κ3) is 3.12. The molecular formula is C16H21BrN2. The average molecular weight is 321 g/mol. The maximum absolute atomic E-state index is 9.68. The monoisotopic (exact) mass is 320 g/mol. The fourth-order valence-corrected chi connectivity index (χ4v) is 3.32. The number of hydrogen-bond acceptors (Lipinski definition) is 2. The highest BCUT2D eigenvalue weighted by Gasteiger charge is 2.44. The molecule has 0 heterocycles. The average Bonchev–Trinajstić information content (AvgIpc) is 2.35. The molecule has 1 N–H and O–H groups in total. The third-order valence-electron chi connectivity index (χ3n) is 4.31. The second kappa shape index (κ2) is 5.17. The SMILES string of the molecule is CC1CC(C)(C)CCC1(C#N)Nc1ccc(Br)cc1. The van der Waals surface area contributed by atoms with E-state index in [-0.39, 0.29) is 0 Å². The minimum absolute atomic E-state index is 0.348. The van der Waals surface area contributed by atoms with Crippen molar-refractivity contribution in [2.75, 3.05) is 5.32 Å². The van der Waals surface area contributed by atoms with Crippen molar-refractivity contribution in [3.05, 3.63) is 28.7 Å². The predicted molar refractivity (Wildman–Crippen MR) is 82.9 cm³/mol. The molecule has 0 saturated heterocycles. The van der Waals surface area contributed by atoms with Gasteiger partial charge < -0.3 is 5.32 Å². The van der Waals surface area contributed by atoms with Crippen LogP contribution in [0.25, 0.3) is 0 Å². The Labute approximate surface area is 124 Å². The van der Waals surface area contributed by atoms with Crippen LogP contribution in [0.1, 0.15) is 40.0 Å². The van der Waals surface area contributed by atoms with Crippen LogP contribution in [0.5, 0.6) is 0 Å². The van der Waals surface area contributed by atoms with Crippen LogP contribution in [-0.4, -0.2) is 5.54 Å². The summed E-state index contributed by atoms with van der Waals surface area (Å²) in [6.07, 6.45) is 3.09. The van der Waals surface area contributed by atoms with Gasteiger partial charge in [0.2, 0.25) is 0 Å². The molecule has 1 saturated carbocycles. The lowest BCUT2D eigenvalue weighted by atomic mass is 9.64. The second-order valence-electron chi connectivity index (χ2n) is 6.48. The first kappa shape index (κ1) is 14.4. The first-order valence-electron chi connectivity index (χ1n) is 6.82. The lowest BCUT2D eigenvalue weighted by Gasteiger charge is -2.45. The summed E-state index contributed by atoms with van der Waals surface area (Å²) in [5.74, 6) is 0.352. The fraction of sp³-hybridized carbons (Fsp3) is 0.562. The normalized spacial score (nSPS) is 29.5. The third-order valence-corrected chi connectivity index (χ3v) is 4.84. The topological polar surface area (TPSA) is 35.8 Å². The van der Waals surface area contributed by atoms with Gasteiger partial charge in [-0.05, 0) is 54.9 Å². The van der Waals surface area contributed by atoms with Crippen molar-refractivity contribution in [2.45, 2.75) is 45.6 Å². The Morgan fingerprint density at radius 3 is 2.42 bits per heavy atom. The summed E-state index contributed by atoms with van der Waals surface area (Å²) < 4.78 is 1.06. The molecule has 2 atom stereocenters. The number of nitrogens with zero attached hydrogens (tertiary/aromatic N) is 1. The van der Waals surface area contributed by atoms with Crippen LogP contribution in [-0.2, 0) is 0 Å². The van der Waals surface area contributed by atoms with Gasteiger partial charge in [0.1, 0.15) is 5.54 Å². The highest BCUT2D eigenvalue weighted by Crippen LogP contribution is 2.45. The molecule has 1 aromatic rings. The molecular weight excluding hydrogens is 300 g/mol. The van der Waals surface area contributed by atoms with Crippen molar-refractivity contribution < 1.29 is 0 Å².